The van der Waals surface area contributed by atoms with Crippen LogP contribution < -0.4 is 10.1 Å². The Morgan fingerprint density at radius 2 is 2.10 bits per heavy atom. The van der Waals surface area contributed by atoms with Crippen LogP contribution in [0.15, 0.2) is 42.6 Å². The van der Waals surface area contributed by atoms with Crippen molar-refractivity contribution < 1.29 is 4.74 Å². The predicted octanol–water partition coefficient (Wildman–Crippen LogP) is 3.41. The number of para-hydroxylation sites is 1. The molecule has 2 aromatic rings. The van der Waals surface area contributed by atoms with E-state index in [1.807, 2.05) is 6.07 Å². The van der Waals surface area contributed by atoms with Gasteiger partial charge in [0.05, 0.1) is 6.61 Å². The van der Waals surface area contributed by atoms with E-state index in [4.69, 9.17) is 4.74 Å². The highest BCUT2D eigenvalue weighted by Gasteiger charge is 2.24. The molecule has 1 aromatic carbocycles. The minimum atomic E-state index is 0.456. The van der Waals surface area contributed by atoms with E-state index in [0.29, 0.717) is 11.8 Å². The zero-order chi connectivity index (χ0) is 14.7. The fourth-order valence-corrected chi connectivity index (χ4v) is 2.89. The van der Waals surface area contributed by atoms with Crippen LogP contribution in [0.3, 0.4) is 0 Å². The van der Waals surface area contributed by atoms with Crippen molar-refractivity contribution in [2.75, 3.05) is 13.2 Å². The molecule has 3 nitrogen and oxygen atoms in total. The fraction of sp³-hybridized carbons (Fsp3) is 0.444. The van der Waals surface area contributed by atoms with Crippen molar-refractivity contribution in [3.8, 4) is 5.75 Å². The van der Waals surface area contributed by atoms with Crippen LogP contribution in [0.2, 0.25) is 0 Å². The molecule has 0 bridgehead atoms. The zero-order valence-electron chi connectivity index (χ0n) is 12.9. The van der Waals surface area contributed by atoms with Gasteiger partial charge in [-0.3, -0.25) is 0 Å². The Hall–Kier alpha value is -1.74. The Labute approximate surface area is 126 Å². The van der Waals surface area contributed by atoms with Gasteiger partial charge in [-0.2, -0.15) is 0 Å². The van der Waals surface area contributed by atoms with Crippen LogP contribution in [0.4, 0.5) is 0 Å². The molecular formula is C18H24N2O. The van der Waals surface area contributed by atoms with Gasteiger partial charge in [0.2, 0.25) is 0 Å². The monoisotopic (exact) mass is 284 g/mol. The first-order valence-corrected chi connectivity index (χ1v) is 7.80. The fourth-order valence-electron chi connectivity index (χ4n) is 2.89. The van der Waals surface area contributed by atoms with Gasteiger partial charge in [-0.25, -0.2) is 0 Å². The SMILES string of the molecule is CC(C)CNCc1cccn1CC1COc2ccccc21. The van der Waals surface area contributed by atoms with Crippen molar-refractivity contribution >= 4 is 0 Å². The molecule has 1 unspecified atom stereocenters. The molecule has 1 aliphatic rings. The van der Waals surface area contributed by atoms with Gasteiger partial charge in [0.25, 0.3) is 0 Å². The maximum atomic E-state index is 5.78. The van der Waals surface area contributed by atoms with Gasteiger partial charge in [-0.1, -0.05) is 32.0 Å². The lowest BCUT2D eigenvalue weighted by Crippen LogP contribution is -2.21. The Balaban J connectivity index is 1.65. The molecule has 112 valence electrons. The summed E-state index contributed by atoms with van der Waals surface area (Å²) in [6, 6.07) is 12.7. The number of ether oxygens (including phenoxy) is 1. The van der Waals surface area contributed by atoms with Crippen molar-refractivity contribution in [1.29, 1.82) is 0 Å². The maximum Gasteiger partial charge on any atom is 0.122 e. The summed E-state index contributed by atoms with van der Waals surface area (Å²) >= 11 is 0. The molecule has 3 heteroatoms. The van der Waals surface area contributed by atoms with Crippen LogP contribution in [0.1, 0.15) is 31.0 Å². The highest BCUT2D eigenvalue weighted by molar-refractivity contribution is 5.39. The smallest absolute Gasteiger partial charge is 0.122 e. The third kappa shape index (κ3) is 3.30. The minimum absolute atomic E-state index is 0.456. The molecule has 0 saturated heterocycles. The molecule has 0 saturated carbocycles. The third-order valence-electron chi connectivity index (χ3n) is 4.00. The second kappa shape index (κ2) is 6.35. The van der Waals surface area contributed by atoms with Gasteiger partial charge in [0.1, 0.15) is 5.75 Å². The van der Waals surface area contributed by atoms with E-state index in [1.165, 1.54) is 11.3 Å². The van der Waals surface area contributed by atoms with E-state index in [2.05, 4.69) is 60.3 Å². The molecule has 1 N–H and O–H groups in total. The molecule has 0 spiro atoms. The Kier molecular flexibility index (Phi) is 4.30. The topological polar surface area (TPSA) is 26.2 Å². The molecule has 1 aromatic heterocycles. The molecule has 0 radical (unpaired) electrons. The number of fused-ring (bicyclic) bond motifs is 1. The van der Waals surface area contributed by atoms with Crippen LogP contribution in [-0.2, 0) is 13.1 Å². The first-order valence-electron chi connectivity index (χ1n) is 7.80. The van der Waals surface area contributed by atoms with Crippen LogP contribution in [-0.4, -0.2) is 17.7 Å². The Morgan fingerprint density at radius 1 is 1.24 bits per heavy atom. The average molecular weight is 284 g/mol. The summed E-state index contributed by atoms with van der Waals surface area (Å²) in [6.07, 6.45) is 2.17. The second-order valence-corrected chi connectivity index (χ2v) is 6.22. The summed E-state index contributed by atoms with van der Waals surface area (Å²) in [7, 11) is 0. The normalized spacial score (nSPS) is 17.0. The van der Waals surface area contributed by atoms with Gasteiger partial charge >= 0.3 is 0 Å². The summed E-state index contributed by atoms with van der Waals surface area (Å²) < 4.78 is 8.13. The lowest BCUT2D eigenvalue weighted by atomic mass is 10.0. The molecule has 3 rings (SSSR count). The Bertz CT molecular complexity index is 588. The van der Waals surface area contributed by atoms with Crippen molar-refractivity contribution in [3.05, 3.63) is 53.9 Å². The molecule has 21 heavy (non-hydrogen) atoms. The van der Waals surface area contributed by atoms with Crippen LogP contribution in [0, 0.1) is 5.92 Å². The van der Waals surface area contributed by atoms with E-state index >= 15 is 0 Å². The summed E-state index contributed by atoms with van der Waals surface area (Å²) in [4.78, 5) is 0. The van der Waals surface area contributed by atoms with Crippen LogP contribution in [0.25, 0.3) is 0 Å². The average Bonchev–Trinajstić information content (AvgIpc) is 3.07. The van der Waals surface area contributed by atoms with E-state index < -0.39 is 0 Å². The van der Waals surface area contributed by atoms with Crippen molar-refractivity contribution in [2.24, 2.45) is 5.92 Å². The molecule has 1 atom stereocenters. The summed E-state index contributed by atoms with van der Waals surface area (Å²) in [5.41, 5.74) is 2.69. The van der Waals surface area contributed by atoms with Gasteiger partial charge < -0.3 is 14.6 Å². The molecule has 0 fully saturated rings. The van der Waals surface area contributed by atoms with Gasteiger partial charge in [0, 0.05) is 36.5 Å². The number of benzene rings is 1. The lowest BCUT2D eigenvalue weighted by Gasteiger charge is -2.15. The van der Waals surface area contributed by atoms with E-state index in [1.54, 1.807) is 0 Å². The third-order valence-corrected chi connectivity index (χ3v) is 4.00. The summed E-state index contributed by atoms with van der Waals surface area (Å²) in [5.74, 6) is 2.19. The minimum Gasteiger partial charge on any atom is -0.493 e. The number of nitrogens with one attached hydrogen (secondary N) is 1. The quantitative estimate of drug-likeness (QED) is 0.880. The maximum absolute atomic E-state index is 5.78. The van der Waals surface area contributed by atoms with Crippen LogP contribution >= 0.6 is 0 Å². The van der Waals surface area contributed by atoms with Crippen molar-refractivity contribution in [3.63, 3.8) is 0 Å². The predicted molar refractivity (Wildman–Crippen MR) is 85.7 cm³/mol. The van der Waals surface area contributed by atoms with Crippen molar-refractivity contribution in [2.45, 2.75) is 32.9 Å². The van der Waals surface area contributed by atoms with E-state index in [9.17, 15) is 0 Å². The number of hydrogen-bond donors (Lipinski definition) is 1. The van der Waals surface area contributed by atoms with Crippen molar-refractivity contribution in [1.82, 2.24) is 9.88 Å². The first-order chi connectivity index (χ1) is 10.2. The zero-order valence-corrected chi connectivity index (χ0v) is 12.9. The molecular weight excluding hydrogens is 260 g/mol. The van der Waals surface area contributed by atoms with Gasteiger partial charge in [-0.15, -0.1) is 0 Å². The largest absolute Gasteiger partial charge is 0.493 e. The first kappa shape index (κ1) is 14.2. The number of aromatic nitrogens is 1. The number of rotatable bonds is 6. The second-order valence-electron chi connectivity index (χ2n) is 6.22. The number of hydrogen-bond acceptors (Lipinski definition) is 2. The summed E-state index contributed by atoms with van der Waals surface area (Å²) in [5, 5.41) is 3.52. The molecule has 2 heterocycles. The molecule has 0 aliphatic carbocycles. The van der Waals surface area contributed by atoms with E-state index in [-0.39, 0.29) is 0 Å². The highest BCUT2D eigenvalue weighted by Crippen LogP contribution is 2.34. The lowest BCUT2D eigenvalue weighted by molar-refractivity contribution is 0.318. The summed E-state index contributed by atoms with van der Waals surface area (Å²) in [6.45, 7) is 8.23. The highest BCUT2D eigenvalue weighted by atomic mass is 16.5. The number of nitrogens with zero attached hydrogens (tertiary/aromatic N) is 1. The van der Waals surface area contributed by atoms with Gasteiger partial charge in [0.15, 0.2) is 0 Å². The van der Waals surface area contributed by atoms with E-state index in [0.717, 1.165) is 32.0 Å². The Morgan fingerprint density at radius 3 is 2.95 bits per heavy atom. The van der Waals surface area contributed by atoms with Crippen LogP contribution in [0.5, 0.6) is 5.75 Å². The standard InChI is InChI=1S/C18H24N2O/c1-14(2)10-19-11-16-6-5-9-20(16)12-15-13-21-18-8-4-3-7-17(15)18/h3-9,14-15,19H,10-13H2,1-2H3. The molecule has 0 amide bonds. The van der Waals surface area contributed by atoms with Gasteiger partial charge in [-0.05, 0) is 30.7 Å². The molecule has 1 aliphatic heterocycles.